The van der Waals surface area contributed by atoms with Gasteiger partial charge in [0, 0.05) is 46.2 Å². The predicted octanol–water partition coefficient (Wildman–Crippen LogP) is 0.398. The van der Waals surface area contributed by atoms with Crippen molar-refractivity contribution in [2.24, 2.45) is 5.92 Å². The van der Waals surface area contributed by atoms with Crippen LogP contribution >= 0.6 is 0 Å². The molecular weight excluding hydrogens is 294 g/mol. The van der Waals surface area contributed by atoms with Gasteiger partial charge in [-0.25, -0.2) is 4.98 Å². The molecule has 0 aromatic carbocycles. The van der Waals surface area contributed by atoms with Gasteiger partial charge in [-0.1, -0.05) is 6.92 Å². The van der Waals surface area contributed by atoms with Crippen LogP contribution in [-0.2, 0) is 6.42 Å². The van der Waals surface area contributed by atoms with Gasteiger partial charge in [0.1, 0.15) is 5.82 Å². The molecule has 1 aliphatic heterocycles. The van der Waals surface area contributed by atoms with Gasteiger partial charge in [0.2, 0.25) is 5.95 Å². The Labute approximate surface area is 136 Å². The van der Waals surface area contributed by atoms with Crippen molar-refractivity contribution in [1.29, 1.82) is 0 Å². The van der Waals surface area contributed by atoms with Gasteiger partial charge in [0.25, 0.3) is 0 Å². The van der Waals surface area contributed by atoms with Crippen LogP contribution < -0.4 is 10.2 Å². The number of carbonyl (C=O) groups is 1. The monoisotopic (exact) mass is 319 g/mol. The zero-order chi connectivity index (χ0) is 16.4. The second kappa shape index (κ2) is 6.80. The molecule has 1 atom stereocenters. The highest BCUT2D eigenvalue weighted by Gasteiger charge is 2.29. The van der Waals surface area contributed by atoms with Crippen molar-refractivity contribution in [3.05, 3.63) is 11.3 Å². The number of anilines is 2. The summed E-state index contributed by atoms with van der Waals surface area (Å²) in [5.74, 6) is 1.84. The van der Waals surface area contributed by atoms with Crippen molar-refractivity contribution >= 4 is 17.5 Å². The number of nitrogens with zero attached hydrogens (tertiary/aromatic N) is 4. The molecule has 2 aliphatic rings. The SMILES string of the molecule is CNc1nc(N2CCN(CCO)CC2)nc2c1C(=O)CC(C)C2. The molecule has 126 valence electrons. The quantitative estimate of drug-likeness (QED) is 0.831. The summed E-state index contributed by atoms with van der Waals surface area (Å²) in [5, 5.41) is 12.1. The molecule has 1 aromatic heterocycles. The Kier molecular flexibility index (Phi) is 4.77. The number of carbonyl (C=O) groups excluding carboxylic acids is 1. The van der Waals surface area contributed by atoms with Crippen molar-refractivity contribution in [2.75, 3.05) is 56.6 Å². The second-order valence-corrected chi connectivity index (χ2v) is 6.43. The number of hydrogen-bond donors (Lipinski definition) is 2. The fraction of sp³-hybridized carbons (Fsp3) is 0.688. The number of β-amino-alcohol motifs (C(OH)–C–C–N with tert-alkyl or cyclic N) is 1. The molecule has 1 fully saturated rings. The third kappa shape index (κ3) is 3.30. The van der Waals surface area contributed by atoms with Crippen LogP contribution in [0.5, 0.6) is 0 Å². The molecular formula is C16H25N5O2. The maximum Gasteiger partial charge on any atom is 0.227 e. The number of rotatable bonds is 4. The van der Waals surface area contributed by atoms with Crippen LogP contribution in [0, 0.1) is 5.92 Å². The molecule has 0 saturated carbocycles. The third-order valence-corrected chi connectivity index (χ3v) is 4.63. The number of Topliss-reactive ketones (excluding diaryl/α,β-unsaturated/α-hetero) is 1. The van der Waals surface area contributed by atoms with Gasteiger partial charge in [-0.3, -0.25) is 9.69 Å². The van der Waals surface area contributed by atoms with Crippen molar-refractivity contribution in [1.82, 2.24) is 14.9 Å². The van der Waals surface area contributed by atoms with Crippen LogP contribution in [0.25, 0.3) is 0 Å². The number of piperazine rings is 1. The van der Waals surface area contributed by atoms with Crippen LogP contribution in [0.2, 0.25) is 0 Å². The van der Waals surface area contributed by atoms with Gasteiger partial charge < -0.3 is 15.3 Å². The lowest BCUT2D eigenvalue weighted by atomic mass is 9.87. The Morgan fingerprint density at radius 3 is 2.61 bits per heavy atom. The number of ketones is 1. The number of aliphatic hydroxyl groups excluding tert-OH is 1. The predicted molar refractivity (Wildman–Crippen MR) is 89.1 cm³/mol. The fourth-order valence-electron chi connectivity index (χ4n) is 3.39. The molecule has 2 N–H and O–H groups in total. The average molecular weight is 319 g/mol. The second-order valence-electron chi connectivity index (χ2n) is 6.43. The van der Waals surface area contributed by atoms with Crippen molar-refractivity contribution < 1.29 is 9.90 Å². The van der Waals surface area contributed by atoms with Gasteiger partial charge in [-0.2, -0.15) is 4.98 Å². The van der Waals surface area contributed by atoms with Crippen LogP contribution in [0.1, 0.15) is 29.4 Å². The summed E-state index contributed by atoms with van der Waals surface area (Å²) >= 11 is 0. The van der Waals surface area contributed by atoms with E-state index in [9.17, 15) is 4.79 Å². The molecule has 2 heterocycles. The third-order valence-electron chi connectivity index (χ3n) is 4.63. The molecule has 3 rings (SSSR count). The first-order chi connectivity index (χ1) is 11.1. The molecule has 0 amide bonds. The van der Waals surface area contributed by atoms with Gasteiger partial charge >= 0.3 is 0 Å². The zero-order valence-electron chi connectivity index (χ0n) is 13.9. The van der Waals surface area contributed by atoms with Crippen molar-refractivity contribution in [2.45, 2.75) is 19.8 Å². The number of aliphatic hydroxyl groups is 1. The van der Waals surface area contributed by atoms with Crippen LogP contribution in [-0.4, -0.2) is 72.1 Å². The summed E-state index contributed by atoms with van der Waals surface area (Å²) in [6.45, 7) is 6.47. The maximum absolute atomic E-state index is 12.3. The molecule has 7 heteroatoms. The first-order valence-corrected chi connectivity index (χ1v) is 8.32. The highest BCUT2D eigenvalue weighted by atomic mass is 16.3. The standard InChI is InChI=1S/C16H25N5O2/c1-11-9-12-14(13(23)10-11)15(17-2)19-16(18-12)21-5-3-20(4-6-21)7-8-22/h11,22H,3-10H2,1-2H3,(H,17,18,19). The van der Waals surface area contributed by atoms with E-state index in [1.807, 2.05) is 0 Å². The minimum Gasteiger partial charge on any atom is -0.395 e. The van der Waals surface area contributed by atoms with Crippen molar-refractivity contribution in [3.8, 4) is 0 Å². The summed E-state index contributed by atoms with van der Waals surface area (Å²) in [6, 6.07) is 0. The Morgan fingerprint density at radius 1 is 1.22 bits per heavy atom. The first kappa shape index (κ1) is 16.1. The maximum atomic E-state index is 12.3. The summed E-state index contributed by atoms with van der Waals surface area (Å²) in [7, 11) is 1.80. The van der Waals surface area contributed by atoms with E-state index in [-0.39, 0.29) is 12.4 Å². The molecule has 0 bridgehead atoms. The molecule has 0 spiro atoms. The van der Waals surface area contributed by atoms with E-state index in [2.05, 4.69) is 27.0 Å². The average Bonchev–Trinajstić information content (AvgIpc) is 2.54. The summed E-state index contributed by atoms with van der Waals surface area (Å²) in [5.41, 5.74) is 1.55. The summed E-state index contributed by atoms with van der Waals surface area (Å²) in [4.78, 5) is 26.0. The van der Waals surface area contributed by atoms with Crippen LogP contribution in [0.4, 0.5) is 11.8 Å². The minimum atomic E-state index is 0.141. The lowest BCUT2D eigenvalue weighted by molar-refractivity contribution is 0.0952. The highest BCUT2D eigenvalue weighted by Crippen LogP contribution is 2.30. The number of nitrogens with one attached hydrogen (secondary N) is 1. The molecule has 23 heavy (non-hydrogen) atoms. The van der Waals surface area contributed by atoms with E-state index in [4.69, 9.17) is 10.1 Å². The van der Waals surface area contributed by atoms with Crippen molar-refractivity contribution in [3.63, 3.8) is 0 Å². The van der Waals surface area contributed by atoms with Gasteiger partial charge in [0.05, 0.1) is 17.9 Å². The summed E-state index contributed by atoms with van der Waals surface area (Å²) < 4.78 is 0. The summed E-state index contributed by atoms with van der Waals surface area (Å²) in [6.07, 6.45) is 1.40. The number of fused-ring (bicyclic) bond motifs is 1. The Morgan fingerprint density at radius 2 is 1.96 bits per heavy atom. The normalized spacial score (nSPS) is 22.1. The van der Waals surface area contributed by atoms with Gasteiger partial charge in [-0.05, 0) is 12.3 Å². The minimum absolute atomic E-state index is 0.141. The number of aromatic nitrogens is 2. The van der Waals surface area contributed by atoms with E-state index < -0.39 is 0 Å². The fourth-order valence-corrected chi connectivity index (χ4v) is 3.39. The number of hydrogen-bond acceptors (Lipinski definition) is 7. The molecule has 1 unspecified atom stereocenters. The molecule has 1 saturated heterocycles. The molecule has 0 radical (unpaired) electrons. The van der Waals surface area contributed by atoms with E-state index in [0.717, 1.165) is 38.3 Å². The largest absolute Gasteiger partial charge is 0.395 e. The highest BCUT2D eigenvalue weighted by molar-refractivity contribution is 6.02. The topological polar surface area (TPSA) is 81.6 Å². The van der Waals surface area contributed by atoms with E-state index >= 15 is 0 Å². The van der Waals surface area contributed by atoms with Gasteiger partial charge in [0.15, 0.2) is 5.78 Å². The lowest BCUT2D eigenvalue weighted by Gasteiger charge is -2.35. The van der Waals surface area contributed by atoms with Crippen LogP contribution in [0.15, 0.2) is 0 Å². The van der Waals surface area contributed by atoms with E-state index in [1.165, 1.54) is 0 Å². The van der Waals surface area contributed by atoms with E-state index in [1.54, 1.807) is 7.05 Å². The van der Waals surface area contributed by atoms with E-state index in [0.29, 0.717) is 36.2 Å². The molecule has 1 aromatic rings. The molecule has 7 nitrogen and oxygen atoms in total. The Hall–Kier alpha value is -1.73. The lowest BCUT2D eigenvalue weighted by Crippen LogP contribution is -2.48. The smallest absolute Gasteiger partial charge is 0.227 e. The Balaban J connectivity index is 1.84. The zero-order valence-corrected chi connectivity index (χ0v) is 13.9. The first-order valence-electron chi connectivity index (χ1n) is 8.32. The molecule has 1 aliphatic carbocycles. The van der Waals surface area contributed by atoms with Gasteiger partial charge in [-0.15, -0.1) is 0 Å². The Bertz CT molecular complexity index is 584. The van der Waals surface area contributed by atoms with Crippen LogP contribution in [0.3, 0.4) is 0 Å².